The van der Waals surface area contributed by atoms with Gasteiger partial charge in [0, 0.05) is 32.2 Å². The third-order valence-corrected chi connectivity index (χ3v) is 3.39. The molecule has 0 atom stereocenters. The first-order valence-corrected chi connectivity index (χ1v) is 7.62. The Balaban J connectivity index is 2.01. The number of nitrogens with zero attached hydrogens (tertiary/aromatic N) is 5. The van der Waals surface area contributed by atoms with Crippen molar-refractivity contribution < 1.29 is 4.52 Å². The average molecular weight is 326 g/mol. The first-order valence-electron chi connectivity index (χ1n) is 7.62. The van der Waals surface area contributed by atoms with Gasteiger partial charge in [0.2, 0.25) is 5.82 Å². The molecule has 3 aromatic rings. The summed E-state index contributed by atoms with van der Waals surface area (Å²) in [5.74, 6) is 1.34. The Labute approximate surface area is 138 Å². The second kappa shape index (κ2) is 6.61. The highest BCUT2D eigenvalue weighted by Crippen LogP contribution is 2.22. The van der Waals surface area contributed by atoms with Crippen LogP contribution >= 0.6 is 0 Å². The van der Waals surface area contributed by atoms with E-state index in [1.54, 1.807) is 42.3 Å². The molecule has 1 N–H and O–H groups in total. The van der Waals surface area contributed by atoms with E-state index in [0.717, 1.165) is 0 Å². The van der Waals surface area contributed by atoms with Crippen LogP contribution in [0.5, 0.6) is 0 Å². The molecule has 0 aliphatic rings. The molecule has 0 aliphatic carbocycles. The fraction of sp³-hybridized carbons (Fsp3) is 0.312. The molecule has 8 heteroatoms. The van der Waals surface area contributed by atoms with Crippen molar-refractivity contribution >= 4 is 5.82 Å². The lowest BCUT2D eigenvalue weighted by Gasteiger charge is -2.08. The maximum atomic E-state index is 12.6. The summed E-state index contributed by atoms with van der Waals surface area (Å²) in [5.41, 5.74) is 0.676. The van der Waals surface area contributed by atoms with Gasteiger partial charge in [0.25, 0.3) is 11.4 Å². The van der Waals surface area contributed by atoms with E-state index in [-0.39, 0.29) is 17.3 Å². The van der Waals surface area contributed by atoms with Crippen LogP contribution < -0.4 is 10.9 Å². The van der Waals surface area contributed by atoms with Crippen molar-refractivity contribution in [1.29, 1.82) is 0 Å². The average Bonchev–Trinajstić information content (AvgIpc) is 3.06. The number of hydrogen-bond acceptors (Lipinski definition) is 7. The largest absolute Gasteiger partial charge is 0.371 e. The van der Waals surface area contributed by atoms with Crippen molar-refractivity contribution in [3.63, 3.8) is 0 Å². The summed E-state index contributed by atoms with van der Waals surface area (Å²) >= 11 is 0. The first kappa shape index (κ1) is 15.9. The molecule has 0 radical (unpaired) electrons. The van der Waals surface area contributed by atoms with Gasteiger partial charge in [0.05, 0.1) is 0 Å². The summed E-state index contributed by atoms with van der Waals surface area (Å²) in [4.78, 5) is 25.2. The van der Waals surface area contributed by atoms with Gasteiger partial charge in [-0.2, -0.15) is 4.98 Å². The van der Waals surface area contributed by atoms with E-state index < -0.39 is 0 Å². The van der Waals surface area contributed by atoms with Crippen molar-refractivity contribution in [1.82, 2.24) is 24.7 Å². The lowest BCUT2D eigenvalue weighted by Crippen LogP contribution is -2.23. The number of rotatable bonds is 5. The topological polar surface area (TPSA) is 98.7 Å². The Morgan fingerprint density at radius 2 is 2.08 bits per heavy atom. The zero-order chi connectivity index (χ0) is 17.1. The highest BCUT2D eigenvalue weighted by molar-refractivity contribution is 5.66. The Morgan fingerprint density at radius 1 is 1.29 bits per heavy atom. The maximum Gasteiger partial charge on any atom is 0.263 e. The molecule has 0 spiro atoms. The Morgan fingerprint density at radius 3 is 2.83 bits per heavy atom. The zero-order valence-corrected chi connectivity index (χ0v) is 13.7. The van der Waals surface area contributed by atoms with Crippen molar-refractivity contribution in [2.24, 2.45) is 5.92 Å². The summed E-state index contributed by atoms with van der Waals surface area (Å²) < 4.78 is 6.92. The van der Waals surface area contributed by atoms with Gasteiger partial charge in [-0.25, -0.2) is 9.97 Å². The molecule has 0 aromatic carbocycles. The molecule has 8 nitrogen and oxygen atoms in total. The lowest BCUT2D eigenvalue weighted by molar-refractivity contribution is 0.430. The SMILES string of the molecule is CNc1nccnc1-c1noc(-c2cccn(CC(C)C)c2=O)n1. The van der Waals surface area contributed by atoms with Gasteiger partial charge in [0.1, 0.15) is 5.56 Å². The molecule has 3 rings (SSSR count). The maximum absolute atomic E-state index is 12.6. The minimum Gasteiger partial charge on any atom is -0.371 e. The van der Waals surface area contributed by atoms with Gasteiger partial charge in [-0.05, 0) is 18.1 Å². The smallest absolute Gasteiger partial charge is 0.263 e. The first-order chi connectivity index (χ1) is 11.6. The van der Waals surface area contributed by atoms with Crippen LogP contribution in [0.3, 0.4) is 0 Å². The monoisotopic (exact) mass is 326 g/mol. The fourth-order valence-corrected chi connectivity index (χ4v) is 2.35. The molecule has 124 valence electrons. The molecule has 3 heterocycles. The lowest BCUT2D eigenvalue weighted by atomic mass is 10.2. The highest BCUT2D eigenvalue weighted by atomic mass is 16.5. The van der Waals surface area contributed by atoms with Crippen LogP contribution in [0.15, 0.2) is 40.0 Å². The van der Waals surface area contributed by atoms with Gasteiger partial charge in [-0.15, -0.1) is 0 Å². The summed E-state index contributed by atoms with van der Waals surface area (Å²) in [6.07, 6.45) is 4.87. The molecule has 0 aliphatic heterocycles. The number of nitrogens with one attached hydrogen (secondary N) is 1. The fourth-order valence-electron chi connectivity index (χ4n) is 2.35. The third kappa shape index (κ3) is 3.03. The summed E-state index contributed by atoms with van der Waals surface area (Å²) in [6.45, 7) is 4.73. The van der Waals surface area contributed by atoms with E-state index in [0.29, 0.717) is 29.5 Å². The van der Waals surface area contributed by atoms with E-state index in [2.05, 4.69) is 39.3 Å². The van der Waals surface area contributed by atoms with Crippen LogP contribution in [0.1, 0.15) is 13.8 Å². The quantitative estimate of drug-likeness (QED) is 0.766. The van der Waals surface area contributed by atoms with E-state index in [4.69, 9.17) is 4.52 Å². The van der Waals surface area contributed by atoms with E-state index in [1.807, 2.05) is 0 Å². The van der Waals surface area contributed by atoms with Gasteiger partial charge in [0.15, 0.2) is 11.5 Å². The number of anilines is 1. The molecule has 0 saturated carbocycles. The standard InChI is InChI=1S/C16H18N6O2/c1-10(2)9-22-8-4-5-11(16(22)23)15-20-14(21-24-15)12-13(17-3)19-7-6-18-12/h4-8,10H,9H2,1-3H3,(H,17,19). The number of hydrogen-bond donors (Lipinski definition) is 1. The Kier molecular flexibility index (Phi) is 4.37. The third-order valence-electron chi connectivity index (χ3n) is 3.39. The molecule has 0 bridgehead atoms. The second-order valence-corrected chi connectivity index (χ2v) is 5.70. The molecular formula is C16H18N6O2. The van der Waals surface area contributed by atoms with Crippen molar-refractivity contribution in [2.75, 3.05) is 12.4 Å². The molecule has 24 heavy (non-hydrogen) atoms. The van der Waals surface area contributed by atoms with Gasteiger partial charge < -0.3 is 14.4 Å². The van der Waals surface area contributed by atoms with Crippen LogP contribution in [0.25, 0.3) is 23.0 Å². The van der Waals surface area contributed by atoms with E-state index >= 15 is 0 Å². The van der Waals surface area contributed by atoms with Crippen LogP contribution in [-0.2, 0) is 6.54 Å². The minimum absolute atomic E-state index is 0.158. The van der Waals surface area contributed by atoms with Crippen LogP contribution in [0, 0.1) is 5.92 Å². The Bertz CT molecular complexity index is 899. The van der Waals surface area contributed by atoms with Crippen molar-refractivity contribution in [3.05, 3.63) is 41.1 Å². The van der Waals surface area contributed by atoms with Crippen LogP contribution in [-0.4, -0.2) is 31.7 Å². The van der Waals surface area contributed by atoms with Gasteiger partial charge in [-0.1, -0.05) is 19.0 Å². The minimum atomic E-state index is -0.158. The molecule has 0 saturated heterocycles. The summed E-state index contributed by atoms with van der Waals surface area (Å²) in [5, 5.41) is 6.85. The van der Waals surface area contributed by atoms with Crippen molar-refractivity contribution in [2.45, 2.75) is 20.4 Å². The highest BCUT2D eigenvalue weighted by Gasteiger charge is 2.18. The van der Waals surface area contributed by atoms with Gasteiger partial charge in [-0.3, -0.25) is 4.79 Å². The van der Waals surface area contributed by atoms with E-state index in [9.17, 15) is 4.79 Å². The van der Waals surface area contributed by atoms with Gasteiger partial charge >= 0.3 is 0 Å². The molecule has 3 aromatic heterocycles. The molecular weight excluding hydrogens is 308 g/mol. The predicted octanol–water partition coefficient (Wildman–Crippen LogP) is 2.05. The second-order valence-electron chi connectivity index (χ2n) is 5.70. The Hall–Kier alpha value is -3.03. The van der Waals surface area contributed by atoms with Crippen LogP contribution in [0.2, 0.25) is 0 Å². The zero-order valence-electron chi connectivity index (χ0n) is 13.7. The summed E-state index contributed by atoms with van der Waals surface area (Å²) in [7, 11) is 1.73. The van der Waals surface area contributed by atoms with Crippen LogP contribution in [0.4, 0.5) is 5.82 Å². The van der Waals surface area contributed by atoms with E-state index in [1.165, 1.54) is 0 Å². The van der Waals surface area contributed by atoms with Crippen molar-refractivity contribution in [3.8, 4) is 23.0 Å². The molecule has 0 unspecified atom stereocenters. The number of pyridine rings is 1. The molecule has 0 amide bonds. The summed E-state index contributed by atoms with van der Waals surface area (Å²) in [6, 6.07) is 3.47. The predicted molar refractivity (Wildman–Crippen MR) is 89.4 cm³/mol. The normalized spacial score (nSPS) is 11.0. The number of aromatic nitrogens is 5. The molecule has 0 fully saturated rings.